The molecule has 4 aromatic carbocycles. The van der Waals surface area contributed by atoms with Gasteiger partial charge in [0.15, 0.2) is 0 Å². The summed E-state index contributed by atoms with van der Waals surface area (Å²) in [5, 5.41) is 19.5. The Morgan fingerprint density at radius 2 is 0.817 bits per heavy atom. The van der Waals surface area contributed by atoms with Crippen molar-refractivity contribution in [3.8, 4) is 0 Å². The summed E-state index contributed by atoms with van der Waals surface area (Å²) in [6.07, 6.45) is 5.97. The average molecular weight is 1560 g/mol. The molecule has 2 saturated heterocycles. The van der Waals surface area contributed by atoms with Gasteiger partial charge in [-0.1, -0.05) is 102 Å². The molecule has 33 heteroatoms. The van der Waals surface area contributed by atoms with E-state index < -0.39 is 37.8 Å². The third-order valence-corrected chi connectivity index (χ3v) is 19.4. The highest BCUT2D eigenvalue weighted by molar-refractivity contribution is 7.89. The Labute approximate surface area is 641 Å². The van der Waals surface area contributed by atoms with E-state index in [-0.39, 0.29) is 159 Å². The Hall–Kier alpha value is -8.70. The van der Waals surface area contributed by atoms with Crippen molar-refractivity contribution in [3.63, 3.8) is 0 Å². The zero-order valence-electron chi connectivity index (χ0n) is 64.3. The summed E-state index contributed by atoms with van der Waals surface area (Å²) in [4.78, 5) is 137. The van der Waals surface area contributed by atoms with Crippen LogP contribution < -0.4 is 37.7 Å². The normalized spacial score (nSPS) is 13.0. The number of Topliss-reactive ketones (excluding diaryl/α,β-unsaturated/α-hetero) is 1. The van der Waals surface area contributed by atoms with Gasteiger partial charge < -0.3 is 66.6 Å². The van der Waals surface area contributed by atoms with Crippen LogP contribution in [0.3, 0.4) is 0 Å². The molecule has 2 aliphatic heterocycles. The monoisotopic (exact) mass is 1560 g/mol. The molecule has 0 aliphatic carbocycles. The first-order valence-corrected chi connectivity index (χ1v) is 40.1. The summed E-state index contributed by atoms with van der Waals surface area (Å²) in [5.41, 5.74) is 13.3. The number of hydrogen-bond acceptors (Lipinski definition) is 18. The fraction of sp³-hybridized carbons (Fsp3) is 0.553. The van der Waals surface area contributed by atoms with Crippen molar-refractivity contribution in [2.24, 2.45) is 39.5 Å². The number of halogens is 2. The highest BCUT2D eigenvalue weighted by Crippen LogP contribution is 2.16. The number of nitrogens with zero attached hydrogens (tertiary/aromatic N) is 8. The van der Waals surface area contributed by atoms with Crippen LogP contribution in [-0.4, -0.2) is 266 Å². The number of sulfonamides is 2. The minimum Gasteiger partial charge on any atom is -0.368 e. The minimum atomic E-state index is -3.82. The van der Waals surface area contributed by atoms with E-state index in [0.29, 0.717) is 95.5 Å². The van der Waals surface area contributed by atoms with Crippen LogP contribution in [0.2, 0.25) is 0 Å². The van der Waals surface area contributed by atoms with Crippen LogP contribution in [0.25, 0.3) is 0 Å². The molecule has 0 spiro atoms. The highest BCUT2D eigenvalue weighted by Gasteiger charge is 2.28. The molecule has 11 N–H and O–H groups in total. The summed E-state index contributed by atoms with van der Waals surface area (Å²) in [6, 6.07) is 24.9. The molecule has 4 aromatic rings. The maximum Gasteiger partial charge on any atom is 0.242 e. The largest absolute Gasteiger partial charge is 0.368 e. The third kappa shape index (κ3) is 37.0. The molecule has 604 valence electrons. The van der Waals surface area contributed by atoms with Crippen LogP contribution in [0.15, 0.2) is 107 Å². The predicted molar refractivity (Wildman–Crippen MR) is 411 cm³/mol. The smallest absolute Gasteiger partial charge is 0.242 e. The van der Waals surface area contributed by atoms with Crippen molar-refractivity contribution in [3.05, 3.63) is 131 Å². The summed E-state index contributed by atoms with van der Waals surface area (Å²) in [5.74, 6) is -3.33. The number of ketones is 1. The first-order chi connectivity index (χ1) is 51.5. The lowest BCUT2D eigenvalue weighted by atomic mass is 10.1. The molecular formula is C76H115F2N15O14S2. The van der Waals surface area contributed by atoms with Gasteiger partial charge >= 0.3 is 0 Å². The van der Waals surface area contributed by atoms with Gasteiger partial charge in [-0.2, -0.15) is 0 Å². The van der Waals surface area contributed by atoms with E-state index in [2.05, 4.69) is 20.9 Å². The van der Waals surface area contributed by atoms with Gasteiger partial charge in [0.2, 0.25) is 73.2 Å². The second-order valence-electron chi connectivity index (χ2n) is 28.6. The van der Waals surface area contributed by atoms with Crippen molar-refractivity contribution in [1.82, 2.24) is 55.1 Å². The molecule has 6 rings (SSSR count). The van der Waals surface area contributed by atoms with Crippen LogP contribution in [-0.2, 0) is 93.7 Å². The van der Waals surface area contributed by atoms with Gasteiger partial charge in [0, 0.05) is 71.9 Å². The van der Waals surface area contributed by atoms with Crippen molar-refractivity contribution in [1.29, 1.82) is 0 Å². The van der Waals surface area contributed by atoms with E-state index in [1.54, 1.807) is 70.5 Å². The highest BCUT2D eigenvalue weighted by atomic mass is 32.2. The molecule has 0 radical (unpaired) electrons. The number of primary amides is 2. The van der Waals surface area contributed by atoms with E-state index in [1.807, 2.05) is 41.5 Å². The van der Waals surface area contributed by atoms with Crippen molar-refractivity contribution >= 4 is 79.0 Å². The minimum absolute atomic E-state index is 0.0137. The Kier molecular flexibility index (Phi) is 40.9. The number of nitrogens with one attached hydrogen (secondary N) is 3. The van der Waals surface area contributed by atoms with Gasteiger partial charge in [-0.25, -0.2) is 35.9 Å². The predicted octanol–water partition coefficient (Wildman–Crippen LogP) is 1.88. The van der Waals surface area contributed by atoms with Crippen molar-refractivity contribution < 1.29 is 73.6 Å². The van der Waals surface area contributed by atoms with Gasteiger partial charge in [0.1, 0.15) is 17.4 Å². The maximum atomic E-state index is 13.8. The molecule has 0 atom stereocenters. The number of carbonyl (C=O) groups excluding carboxylic acids is 10. The zero-order valence-corrected chi connectivity index (χ0v) is 65.9. The molecule has 2 aliphatic rings. The quantitative estimate of drug-likeness (QED) is 0.0311. The average Bonchev–Trinajstić information content (AvgIpc) is 1.59. The van der Waals surface area contributed by atoms with Gasteiger partial charge in [-0.05, 0) is 161 Å². The van der Waals surface area contributed by atoms with Crippen LogP contribution in [0.1, 0.15) is 103 Å². The van der Waals surface area contributed by atoms with E-state index in [0.717, 1.165) is 43.7 Å². The lowest BCUT2D eigenvalue weighted by Crippen LogP contribution is -2.49. The van der Waals surface area contributed by atoms with Crippen LogP contribution in [0.5, 0.6) is 0 Å². The first kappa shape index (κ1) is 92.7. The zero-order chi connectivity index (χ0) is 80.8. The SMILES string of the molecule is CC(=O)CN(CCc1ccc(S(N)(=O)=O)cc1)C(=O)CN(CC(C)C)C(=O)CNCCN1CCCC1.CC(C)CN(CC(=O)N(CCCN1CCCC1=O)CC(N)=O)C(=O)CNCCc1ccccc1F.CC(C)CN(CC(=O)N(CCc1ccc(S(N)(=O)=O)cc1)CC(N)=O)C(=O)CNCCc1ccccc1F. The second kappa shape index (κ2) is 48.1. The fourth-order valence-corrected chi connectivity index (χ4v) is 13.1. The molecule has 2 fully saturated rings. The standard InChI is InChI=1S/C26H36FN5O5S.C25H38FN5O4.C25H41N5O5S/c1-19(2)16-32(25(34)15-30-13-11-21-5-3-4-6-23(21)27)18-26(35)31(17-24(28)33)14-12-20-7-9-22(10-8-20)38(29,36)37;1-19(2)16-31(24(34)15-28-11-10-20-7-3-4-8-21(20)26)18-25(35)30(17-22(27)32)14-6-13-29-12-5-9-23(29)33;1-20(2)17-30(24(32)16-27-11-15-28-12-4-5-13-28)19-25(33)29(18-21(3)31)14-10-22-6-8-23(9-7-22)36(26,34)35/h3-10,19,30H,11-18H2,1-2H3,(H2,28,33)(H2,29,36,37);3-4,7-8,19,28H,5-6,9-18H2,1-2H3,(H2,27,32);6-9,20,27H,4-5,10-19H2,1-3H3,(H2,26,34,35). The number of rotatable bonds is 45. The Bertz CT molecular complexity index is 3830. The van der Waals surface area contributed by atoms with E-state index in [9.17, 15) is 73.6 Å². The van der Waals surface area contributed by atoms with Crippen LogP contribution >= 0.6 is 0 Å². The van der Waals surface area contributed by atoms with Gasteiger partial charge in [0.25, 0.3) is 0 Å². The number of nitrogens with two attached hydrogens (primary N) is 4. The molecule has 2 heterocycles. The number of amides is 9. The third-order valence-electron chi connectivity index (χ3n) is 17.5. The van der Waals surface area contributed by atoms with Gasteiger partial charge in [0.05, 0.1) is 68.7 Å². The molecule has 29 nitrogen and oxygen atoms in total. The number of primary sulfonamides is 2. The molecule has 0 bridgehead atoms. The lowest BCUT2D eigenvalue weighted by molar-refractivity contribution is -0.142. The topological polar surface area (TPSA) is 405 Å². The summed E-state index contributed by atoms with van der Waals surface area (Å²) in [6.45, 7) is 19.9. The Morgan fingerprint density at radius 3 is 1.16 bits per heavy atom. The van der Waals surface area contributed by atoms with E-state index in [1.165, 1.54) is 80.7 Å². The number of carbonyl (C=O) groups is 10. The van der Waals surface area contributed by atoms with Crippen LogP contribution in [0.4, 0.5) is 8.78 Å². The van der Waals surface area contributed by atoms with Crippen molar-refractivity contribution in [2.45, 2.75) is 116 Å². The molecular weight excluding hydrogens is 1450 g/mol. The summed E-state index contributed by atoms with van der Waals surface area (Å²) >= 11 is 0. The molecule has 0 unspecified atom stereocenters. The number of benzene rings is 4. The maximum absolute atomic E-state index is 13.8. The number of hydrogen-bond donors (Lipinski definition) is 7. The molecule has 0 aromatic heterocycles. The van der Waals surface area contributed by atoms with Gasteiger partial charge in [-0.15, -0.1) is 0 Å². The second-order valence-corrected chi connectivity index (χ2v) is 31.7. The van der Waals surface area contributed by atoms with E-state index >= 15 is 0 Å². The molecule has 0 saturated carbocycles. The van der Waals surface area contributed by atoms with Gasteiger partial charge in [-0.3, -0.25) is 47.9 Å². The Morgan fingerprint density at radius 1 is 0.450 bits per heavy atom. The van der Waals surface area contributed by atoms with Crippen molar-refractivity contribution in [2.75, 3.05) is 151 Å². The molecule has 9 amide bonds. The lowest BCUT2D eigenvalue weighted by Gasteiger charge is -2.28. The first-order valence-electron chi connectivity index (χ1n) is 37.0. The number of likely N-dealkylation sites (tertiary alicyclic amines) is 2. The van der Waals surface area contributed by atoms with Crippen LogP contribution in [0, 0.1) is 29.4 Å². The van der Waals surface area contributed by atoms with E-state index in [4.69, 9.17) is 21.7 Å². The Balaban J connectivity index is 0.000000346. The fourth-order valence-electron chi connectivity index (χ4n) is 12.0. The summed E-state index contributed by atoms with van der Waals surface area (Å²) < 4.78 is 73.3. The molecule has 109 heavy (non-hydrogen) atoms. The summed E-state index contributed by atoms with van der Waals surface area (Å²) in [7, 11) is -7.60.